The van der Waals surface area contributed by atoms with E-state index in [0.717, 1.165) is 25.7 Å². The minimum Gasteiger partial charge on any atom is -0.423 e. The Labute approximate surface area is 167 Å². The first-order valence-corrected chi connectivity index (χ1v) is 9.69. The summed E-state index contributed by atoms with van der Waals surface area (Å²) in [6.45, 7) is 0. The van der Waals surface area contributed by atoms with Crippen LogP contribution >= 0.6 is 0 Å². The molecule has 1 N–H and O–H groups in total. The van der Waals surface area contributed by atoms with E-state index < -0.39 is 11.9 Å². The van der Waals surface area contributed by atoms with E-state index in [0.29, 0.717) is 11.1 Å². The first kappa shape index (κ1) is 19.0. The van der Waals surface area contributed by atoms with Gasteiger partial charge in [-0.05, 0) is 37.1 Å². The van der Waals surface area contributed by atoms with E-state index in [4.69, 9.17) is 9.15 Å². The molecule has 3 aromatic rings. The van der Waals surface area contributed by atoms with Gasteiger partial charge in [0.15, 0.2) is 0 Å². The maximum atomic E-state index is 14.4. The van der Waals surface area contributed by atoms with Crippen molar-refractivity contribution < 1.29 is 18.3 Å². The van der Waals surface area contributed by atoms with Crippen molar-refractivity contribution in [3.8, 4) is 28.3 Å². The van der Waals surface area contributed by atoms with Crippen LogP contribution in [-0.2, 0) is 0 Å². The number of hydrogen-bond acceptors (Lipinski definition) is 6. The van der Waals surface area contributed by atoms with Crippen LogP contribution in [0.2, 0.25) is 0 Å². The van der Waals surface area contributed by atoms with Gasteiger partial charge in [-0.25, -0.2) is 9.18 Å². The Morgan fingerprint density at radius 1 is 1.10 bits per heavy atom. The highest BCUT2D eigenvalue weighted by Crippen LogP contribution is 2.29. The van der Waals surface area contributed by atoms with Crippen LogP contribution < -0.4 is 10.1 Å². The Hall–Kier alpha value is -3.29. The zero-order valence-electron chi connectivity index (χ0n) is 15.8. The van der Waals surface area contributed by atoms with Crippen molar-refractivity contribution in [3.63, 3.8) is 0 Å². The number of amides is 1. The highest BCUT2D eigenvalue weighted by molar-refractivity contribution is 5.73. The predicted molar refractivity (Wildman–Crippen MR) is 104 cm³/mol. The average Bonchev–Trinajstić information content (AvgIpc) is 3.15. The molecule has 0 atom stereocenters. The molecule has 8 heteroatoms. The maximum Gasteiger partial charge on any atom is 0.412 e. The van der Waals surface area contributed by atoms with Gasteiger partial charge in [0, 0.05) is 29.6 Å². The number of ether oxygens (including phenoxy) is 1. The van der Waals surface area contributed by atoms with Gasteiger partial charge < -0.3 is 14.5 Å². The zero-order valence-corrected chi connectivity index (χ0v) is 15.8. The zero-order chi connectivity index (χ0) is 20.1. The van der Waals surface area contributed by atoms with Gasteiger partial charge in [-0.1, -0.05) is 25.7 Å². The van der Waals surface area contributed by atoms with E-state index in [9.17, 15) is 9.18 Å². The summed E-state index contributed by atoms with van der Waals surface area (Å²) < 4.78 is 25.0. The molecule has 0 bridgehead atoms. The fourth-order valence-electron chi connectivity index (χ4n) is 3.52. The quantitative estimate of drug-likeness (QED) is 0.640. The molecule has 1 aliphatic rings. The van der Waals surface area contributed by atoms with Crippen molar-refractivity contribution in [2.45, 2.75) is 44.6 Å². The summed E-state index contributed by atoms with van der Waals surface area (Å²) in [7, 11) is 0. The molecule has 1 aromatic carbocycles. The maximum absolute atomic E-state index is 14.4. The number of aromatic nitrogens is 3. The van der Waals surface area contributed by atoms with Crippen LogP contribution in [0, 0.1) is 5.82 Å². The van der Waals surface area contributed by atoms with Crippen LogP contribution in [0.5, 0.6) is 5.75 Å². The van der Waals surface area contributed by atoms with Gasteiger partial charge in [0.2, 0.25) is 12.3 Å². The second-order valence-electron chi connectivity index (χ2n) is 7.07. The van der Waals surface area contributed by atoms with Crippen molar-refractivity contribution in [2.75, 3.05) is 0 Å². The second-order valence-corrected chi connectivity index (χ2v) is 7.07. The van der Waals surface area contributed by atoms with E-state index in [2.05, 4.69) is 20.5 Å². The minimum atomic E-state index is -0.521. The van der Waals surface area contributed by atoms with Crippen LogP contribution in [0.15, 0.2) is 47.5 Å². The summed E-state index contributed by atoms with van der Waals surface area (Å²) in [5.74, 6) is 0.0941. The number of pyridine rings is 1. The lowest BCUT2D eigenvalue weighted by Gasteiger charge is -2.16. The highest BCUT2D eigenvalue weighted by atomic mass is 19.1. The standard InChI is InChI=1S/C21H21FN4O3/c22-19-8-7-17(29-21(27)25-16-5-3-1-2-4-6-16)10-18(19)14-9-15(12-23-11-14)20-26-24-13-28-20/h7-13,16H,1-6H2,(H,25,27). The molecular formula is C21H21FN4O3. The van der Waals surface area contributed by atoms with Crippen molar-refractivity contribution in [1.29, 1.82) is 0 Å². The van der Waals surface area contributed by atoms with Gasteiger partial charge in [0.05, 0.1) is 5.56 Å². The molecule has 2 aromatic heterocycles. The molecule has 1 fully saturated rings. The van der Waals surface area contributed by atoms with Crippen molar-refractivity contribution in [1.82, 2.24) is 20.5 Å². The van der Waals surface area contributed by atoms with Crippen molar-refractivity contribution in [2.24, 2.45) is 0 Å². The fraction of sp³-hybridized carbons (Fsp3) is 0.333. The Kier molecular flexibility index (Phi) is 5.79. The molecule has 1 amide bonds. The molecule has 4 rings (SSSR count). The molecule has 0 saturated heterocycles. The molecule has 1 saturated carbocycles. The number of nitrogens with zero attached hydrogens (tertiary/aromatic N) is 3. The Morgan fingerprint density at radius 3 is 2.66 bits per heavy atom. The van der Waals surface area contributed by atoms with Gasteiger partial charge in [-0.3, -0.25) is 4.98 Å². The lowest BCUT2D eigenvalue weighted by molar-refractivity contribution is 0.194. The number of halogens is 1. The molecule has 0 spiro atoms. The van der Waals surface area contributed by atoms with Crippen LogP contribution in [0.25, 0.3) is 22.6 Å². The topological polar surface area (TPSA) is 90.1 Å². The molecule has 7 nitrogen and oxygen atoms in total. The Morgan fingerprint density at radius 2 is 1.90 bits per heavy atom. The van der Waals surface area contributed by atoms with E-state index in [-0.39, 0.29) is 23.2 Å². The second kappa shape index (κ2) is 8.81. The molecule has 2 heterocycles. The molecule has 0 unspecified atom stereocenters. The molecular weight excluding hydrogens is 375 g/mol. The van der Waals surface area contributed by atoms with E-state index in [1.54, 1.807) is 12.3 Å². The first-order valence-electron chi connectivity index (χ1n) is 9.69. The molecule has 150 valence electrons. The number of benzene rings is 1. The molecule has 1 aliphatic carbocycles. The third-order valence-electron chi connectivity index (χ3n) is 4.98. The first-order chi connectivity index (χ1) is 14.2. The molecule has 0 radical (unpaired) electrons. The number of rotatable bonds is 4. The SMILES string of the molecule is O=C(NC1CCCCCC1)Oc1ccc(F)c(-c2cncc(-c3nnco3)c2)c1. The van der Waals surface area contributed by atoms with Crippen LogP contribution in [-0.4, -0.2) is 27.3 Å². The summed E-state index contributed by atoms with van der Waals surface area (Å²) in [6, 6.07) is 5.99. The van der Waals surface area contributed by atoms with E-state index >= 15 is 0 Å². The minimum absolute atomic E-state index is 0.125. The number of carbonyl (C=O) groups is 1. The van der Waals surface area contributed by atoms with E-state index in [1.807, 2.05) is 0 Å². The lowest BCUT2D eigenvalue weighted by atomic mass is 10.0. The summed E-state index contributed by atoms with van der Waals surface area (Å²) >= 11 is 0. The summed E-state index contributed by atoms with van der Waals surface area (Å²) in [5.41, 5.74) is 1.34. The van der Waals surface area contributed by atoms with Gasteiger partial charge in [0.25, 0.3) is 0 Å². The Balaban J connectivity index is 1.50. The van der Waals surface area contributed by atoms with Gasteiger partial charge >= 0.3 is 6.09 Å². The summed E-state index contributed by atoms with van der Waals surface area (Å²) in [6.07, 6.45) is 10.3. The number of nitrogens with one attached hydrogen (secondary N) is 1. The Bertz CT molecular complexity index is 970. The van der Waals surface area contributed by atoms with Gasteiger partial charge in [-0.15, -0.1) is 10.2 Å². The smallest absolute Gasteiger partial charge is 0.412 e. The molecule has 29 heavy (non-hydrogen) atoms. The third kappa shape index (κ3) is 4.77. The van der Waals surface area contributed by atoms with Gasteiger partial charge in [-0.2, -0.15) is 0 Å². The number of carbonyl (C=O) groups excluding carboxylic acids is 1. The normalized spacial score (nSPS) is 14.9. The van der Waals surface area contributed by atoms with Crippen LogP contribution in [0.3, 0.4) is 0 Å². The van der Waals surface area contributed by atoms with Gasteiger partial charge in [0.1, 0.15) is 11.6 Å². The predicted octanol–water partition coefficient (Wildman–Crippen LogP) is 4.75. The summed E-state index contributed by atoms with van der Waals surface area (Å²) in [4.78, 5) is 16.4. The summed E-state index contributed by atoms with van der Waals surface area (Å²) in [5, 5.41) is 10.4. The van der Waals surface area contributed by atoms with Crippen molar-refractivity contribution in [3.05, 3.63) is 48.9 Å². The number of hydrogen-bond donors (Lipinski definition) is 1. The monoisotopic (exact) mass is 396 g/mol. The fourth-order valence-corrected chi connectivity index (χ4v) is 3.52. The molecule has 0 aliphatic heterocycles. The van der Waals surface area contributed by atoms with Crippen LogP contribution in [0.4, 0.5) is 9.18 Å². The van der Waals surface area contributed by atoms with Crippen molar-refractivity contribution >= 4 is 6.09 Å². The third-order valence-corrected chi connectivity index (χ3v) is 4.98. The van der Waals surface area contributed by atoms with Crippen LogP contribution in [0.1, 0.15) is 38.5 Å². The lowest BCUT2D eigenvalue weighted by Crippen LogP contribution is -2.36. The highest BCUT2D eigenvalue weighted by Gasteiger charge is 2.17. The largest absolute Gasteiger partial charge is 0.423 e. The van der Waals surface area contributed by atoms with E-state index in [1.165, 1.54) is 43.6 Å². The average molecular weight is 396 g/mol.